The number of aromatic carboxylic acids is 1. The third kappa shape index (κ3) is 2.36. The molecular weight excluding hydrogens is 255 g/mol. The molecule has 2 nitrogen and oxygen atoms in total. The van der Waals surface area contributed by atoms with Crippen LogP contribution >= 0.6 is 11.6 Å². The molecule has 0 saturated carbocycles. The zero-order chi connectivity index (χ0) is 13.3. The summed E-state index contributed by atoms with van der Waals surface area (Å²) in [6, 6.07) is 9.03. The van der Waals surface area contributed by atoms with Crippen LogP contribution < -0.4 is 0 Å². The molecule has 0 heterocycles. The minimum atomic E-state index is -1.07. The van der Waals surface area contributed by atoms with E-state index in [9.17, 15) is 9.18 Å². The predicted octanol–water partition coefficient (Wildman–Crippen LogP) is 4.15. The van der Waals surface area contributed by atoms with E-state index >= 15 is 0 Å². The Morgan fingerprint density at radius 2 is 1.94 bits per heavy atom. The molecule has 0 aliphatic heterocycles. The quantitative estimate of drug-likeness (QED) is 0.885. The van der Waals surface area contributed by atoms with Gasteiger partial charge in [0, 0.05) is 5.02 Å². The van der Waals surface area contributed by atoms with Gasteiger partial charge in [-0.3, -0.25) is 0 Å². The van der Waals surface area contributed by atoms with Gasteiger partial charge in [0.15, 0.2) is 0 Å². The van der Waals surface area contributed by atoms with Crippen molar-refractivity contribution < 1.29 is 14.3 Å². The maximum Gasteiger partial charge on any atom is 0.336 e. The van der Waals surface area contributed by atoms with Gasteiger partial charge in [0.2, 0.25) is 0 Å². The number of carboxylic acid groups (broad SMARTS) is 1. The van der Waals surface area contributed by atoms with Crippen LogP contribution in [0.15, 0.2) is 36.4 Å². The van der Waals surface area contributed by atoms with E-state index in [0.717, 1.165) is 0 Å². The molecule has 4 heteroatoms. The van der Waals surface area contributed by atoms with Gasteiger partial charge < -0.3 is 5.11 Å². The number of carbonyl (C=O) groups is 1. The lowest BCUT2D eigenvalue weighted by Crippen LogP contribution is -1.99. The number of carboxylic acids is 1. The summed E-state index contributed by atoms with van der Waals surface area (Å²) in [6.45, 7) is 1.65. The zero-order valence-corrected chi connectivity index (χ0v) is 10.3. The van der Waals surface area contributed by atoms with Crippen molar-refractivity contribution in [1.29, 1.82) is 0 Å². The molecule has 0 aliphatic carbocycles. The van der Waals surface area contributed by atoms with Crippen molar-refractivity contribution in [2.24, 2.45) is 0 Å². The molecule has 0 bridgehead atoms. The van der Waals surface area contributed by atoms with Crippen molar-refractivity contribution in [3.8, 4) is 11.1 Å². The van der Waals surface area contributed by atoms with Crippen LogP contribution in [0.25, 0.3) is 11.1 Å². The topological polar surface area (TPSA) is 37.3 Å². The lowest BCUT2D eigenvalue weighted by molar-refractivity contribution is 0.0697. The van der Waals surface area contributed by atoms with E-state index in [0.29, 0.717) is 21.7 Å². The minimum Gasteiger partial charge on any atom is -0.478 e. The van der Waals surface area contributed by atoms with Crippen LogP contribution in [0.4, 0.5) is 4.39 Å². The molecule has 0 saturated heterocycles. The van der Waals surface area contributed by atoms with Crippen molar-refractivity contribution in [3.63, 3.8) is 0 Å². The van der Waals surface area contributed by atoms with Crippen LogP contribution in [0.5, 0.6) is 0 Å². The van der Waals surface area contributed by atoms with Gasteiger partial charge in [-0.2, -0.15) is 0 Å². The highest BCUT2D eigenvalue weighted by atomic mass is 35.5. The molecule has 1 N–H and O–H groups in total. The Morgan fingerprint density at radius 1 is 1.22 bits per heavy atom. The zero-order valence-electron chi connectivity index (χ0n) is 9.58. The summed E-state index contributed by atoms with van der Waals surface area (Å²) in [7, 11) is 0. The number of benzene rings is 2. The molecule has 18 heavy (non-hydrogen) atoms. The fourth-order valence-electron chi connectivity index (χ4n) is 1.70. The SMILES string of the molecule is Cc1ccc(-c2cc(Cl)ccc2C(=O)O)cc1F. The summed E-state index contributed by atoms with van der Waals surface area (Å²) >= 11 is 5.86. The van der Waals surface area contributed by atoms with Gasteiger partial charge in [0.25, 0.3) is 0 Å². The van der Waals surface area contributed by atoms with E-state index in [2.05, 4.69) is 0 Å². The van der Waals surface area contributed by atoms with Crippen molar-refractivity contribution >= 4 is 17.6 Å². The number of halogens is 2. The maximum absolute atomic E-state index is 13.5. The molecule has 92 valence electrons. The average Bonchev–Trinajstić information content (AvgIpc) is 2.32. The summed E-state index contributed by atoms with van der Waals surface area (Å²) in [5, 5.41) is 9.52. The summed E-state index contributed by atoms with van der Waals surface area (Å²) in [5.74, 6) is -1.44. The van der Waals surface area contributed by atoms with Crippen LogP contribution in [0.1, 0.15) is 15.9 Å². The molecule has 0 aliphatic rings. The van der Waals surface area contributed by atoms with Crippen LogP contribution in [-0.2, 0) is 0 Å². The van der Waals surface area contributed by atoms with E-state index in [-0.39, 0.29) is 11.4 Å². The maximum atomic E-state index is 13.5. The molecule has 0 spiro atoms. The Hall–Kier alpha value is -1.87. The standard InChI is InChI=1S/C14H10ClFO2/c1-8-2-3-9(6-13(8)16)12-7-10(15)4-5-11(12)14(17)18/h2-7H,1H3,(H,17,18). The number of rotatable bonds is 2. The highest BCUT2D eigenvalue weighted by molar-refractivity contribution is 6.31. The smallest absolute Gasteiger partial charge is 0.336 e. The third-order valence-electron chi connectivity index (χ3n) is 2.69. The summed E-state index contributed by atoms with van der Waals surface area (Å²) < 4.78 is 13.5. The normalized spacial score (nSPS) is 10.4. The van der Waals surface area contributed by atoms with Crippen molar-refractivity contribution in [2.45, 2.75) is 6.92 Å². The second-order valence-corrected chi connectivity index (χ2v) is 4.40. The van der Waals surface area contributed by atoms with Gasteiger partial charge in [-0.1, -0.05) is 23.7 Å². The highest BCUT2D eigenvalue weighted by Gasteiger charge is 2.13. The van der Waals surface area contributed by atoms with E-state index in [1.807, 2.05) is 0 Å². The first kappa shape index (κ1) is 12.6. The second-order valence-electron chi connectivity index (χ2n) is 3.96. The molecule has 0 radical (unpaired) electrons. The first-order valence-corrected chi connectivity index (χ1v) is 5.66. The fraction of sp³-hybridized carbons (Fsp3) is 0.0714. The number of hydrogen-bond donors (Lipinski definition) is 1. The van der Waals surface area contributed by atoms with Gasteiger partial charge in [-0.25, -0.2) is 9.18 Å². The molecule has 0 fully saturated rings. The van der Waals surface area contributed by atoms with Gasteiger partial charge >= 0.3 is 5.97 Å². The molecule has 0 unspecified atom stereocenters. The molecule has 2 aromatic carbocycles. The Bertz CT molecular complexity index is 623. The average molecular weight is 265 g/mol. The summed E-state index contributed by atoms with van der Waals surface area (Å²) in [5.41, 5.74) is 1.52. The molecule has 2 rings (SSSR count). The Labute approximate surface area is 109 Å². The van der Waals surface area contributed by atoms with Gasteiger partial charge in [-0.15, -0.1) is 0 Å². The predicted molar refractivity (Wildman–Crippen MR) is 68.5 cm³/mol. The molecule has 0 atom stereocenters. The number of hydrogen-bond acceptors (Lipinski definition) is 1. The minimum absolute atomic E-state index is 0.0997. The molecule has 0 aromatic heterocycles. The van der Waals surface area contributed by atoms with Crippen LogP contribution in [0.2, 0.25) is 5.02 Å². The third-order valence-corrected chi connectivity index (χ3v) is 2.93. The van der Waals surface area contributed by atoms with E-state index in [1.165, 1.54) is 24.3 Å². The first-order chi connectivity index (χ1) is 8.49. The second kappa shape index (κ2) is 4.78. The van der Waals surface area contributed by atoms with E-state index < -0.39 is 5.97 Å². The van der Waals surface area contributed by atoms with Crippen molar-refractivity contribution in [2.75, 3.05) is 0 Å². The lowest BCUT2D eigenvalue weighted by Gasteiger charge is -2.08. The van der Waals surface area contributed by atoms with Crippen LogP contribution in [0, 0.1) is 12.7 Å². The Kier molecular flexibility index (Phi) is 3.34. The summed E-state index contributed by atoms with van der Waals surface area (Å²) in [6.07, 6.45) is 0. The lowest BCUT2D eigenvalue weighted by atomic mass is 9.98. The van der Waals surface area contributed by atoms with Gasteiger partial charge in [-0.05, 0) is 47.9 Å². The first-order valence-electron chi connectivity index (χ1n) is 5.28. The molecule has 2 aromatic rings. The van der Waals surface area contributed by atoms with Gasteiger partial charge in [0.05, 0.1) is 5.56 Å². The number of aryl methyl sites for hydroxylation is 1. The molecule has 0 amide bonds. The van der Waals surface area contributed by atoms with Crippen molar-refractivity contribution in [1.82, 2.24) is 0 Å². The Balaban J connectivity index is 2.65. The Morgan fingerprint density at radius 3 is 2.56 bits per heavy atom. The van der Waals surface area contributed by atoms with Crippen molar-refractivity contribution in [3.05, 3.63) is 58.4 Å². The van der Waals surface area contributed by atoms with E-state index in [1.54, 1.807) is 19.1 Å². The molecular formula is C14H10ClFO2. The monoisotopic (exact) mass is 264 g/mol. The van der Waals surface area contributed by atoms with E-state index in [4.69, 9.17) is 16.7 Å². The highest BCUT2D eigenvalue weighted by Crippen LogP contribution is 2.28. The largest absolute Gasteiger partial charge is 0.478 e. The fourth-order valence-corrected chi connectivity index (χ4v) is 1.87. The van der Waals surface area contributed by atoms with Gasteiger partial charge in [0.1, 0.15) is 5.82 Å². The van der Waals surface area contributed by atoms with Crippen LogP contribution in [-0.4, -0.2) is 11.1 Å². The summed E-state index contributed by atoms with van der Waals surface area (Å²) in [4.78, 5) is 11.1. The van der Waals surface area contributed by atoms with Crippen LogP contribution in [0.3, 0.4) is 0 Å².